The van der Waals surface area contributed by atoms with Crippen LogP contribution in [-0.4, -0.2) is 47.9 Å². The highest BCUT2D eigenvalue weighted by Gasteiger charge is 2.41. The molecule has 0 radical (unpaired) electrons. The Morgan fingerprint density at radius 1 is 1.15 bits per heavy atom. The van der Waals surface area contributed by atoms with Gasteiger partial charge in [0.1, 0.15) is 5.82 Å². The molecule has 5 heteroatoms. The molecule has 5 rings (SSSR count). The monoisotopic (exact) mass is 362 g/mol. The summed E-state index contributed by atoms with van der Waals surface area (Å²) in [7, 11) is 0. The smallest absolute Gasteiger partial charge is 0.177 e. The quantitative estimate of drug-likeness (QED) is 0.815. The fourth-order valence-corrected chi connectivity index (χ4v) is 5.05. The molecule has 1 spiro atoms. The summed E-state index contributed by atoms with van der Waals surface area (Å²) in [6.45, 7) is 3.59. The van der Waals surface area contributed by atoms with E-state index in [1.54, 1.807) is 0 Å². The Balaban J connectivity index is 1.51. The van der Waals surface area contributed by atoms with E-state index in [0.717, 1.165) is 49.0 Å². The lowest BCUT2D eigenvalue weighted by atomic mass is 9.63. The van der Waals surface area contributed by atoms with E-state index in [-0.39, 0.29) is 11.8 Å². The van der Waals surface area contributed by atoms with Gasteiger partial charge in [-0.2, -0.15) is 0 Å². The second kappa shape index (κ2) is 6.10. The van der Waals surface area contributed by atoms with Crippen molar-refractivity contribution in [1.82, 2.24) is 9.88 Å². The summed E-state index contributed by atoms with van der Waals surface area (Å²) in [5.74, 6) is 3.67. The first-order chi connectivity index (χ1) is 13.1. The van der Waals surface area contributed by atoms with Gasteiger partial charge in [0.25, 0.3) is 0 Å². The minimum absolute atomic E-state index is 0.0458. The van der Waals surface area contributed by atoms with Crippen LogP contribution in [0.5, 0.6) is 0 Å². The summed E-state index contributed by atoms with van der Waals surface area (Å²) < 4.78 is 0. The number of terminal acetylenes is 1. The third-order valence-electron chi connectivity index (χ3n) is 6.99. The van der Waals surface area contributed by atoms with Crippen molar-refractivity contribution in [3.63, 3.8) is 0 Å². The first kappa shape index (κ1) is 16.8. The molecule has 3 fully saturated rings. The molecule has 1 aromatic heterocycles. The van der Waals surface area contributed by atoms with Gasteiger partial charge in [-0.15, -0.1) is 6.42 Å². The lowest BCUT2D eigenvalue weighted by Crippen LogP contribution is -2.56. The highest BCUT2D eigenvalue weighted by atomic mass is 16.1. The molecule has 0 bridgehead atoms. The van der Waals surface area contributed by atoms with Crippen LogP contribution < -0.4 is 10.6 Å². The number of anilines is 1. The number of piperidine rings is 1. The van der Waals surface area contributed by atoms with Gasteiger partial charge in [0.2, 0.25) is 0 Å². The van der Waals surface area contributed by atoms with Gasteiger partial charge < -0.3 is 15.5 Å². The minimum atomic E-state index is 0.0458. The van der Waals surface area contributed by atoms with Crippen LogP contribution in [0.25, 0.3) is 5.70 Å². The predicted molar refractivity (Wildman–Crippen MR) is 106 cm³/mol. The summed E-state index contributed by atoms with van der Waals surface area (Å²) in [5.41, 5.74) is 9.79. The lowest BCUT2D eigenvalue weighted by Gasteiger charge is -2.49. The molecule has 0 unspecified atom stereocenters. The summed E-state index contributed by atoms with van der Waals surface area (Å²) >= 11 is 0. The lowest BCUT2D eigenvalue weighted by molar-refractivity contribution is -0.114. The van der Waals surface area contributed by atoms with Crippen molar-refractivity contribution in [3.05, 3.63) is 29.0 Å². The number of likely N-dealkylation sites (tertiary alicyclic amines) is 1. The average Bonchev–Trinajstić information content (AvgIpc) is 2.63. The van der Waals surface area contributed by atoms with Crippen LogP contribution in [0.4, 0.5) is 5.82 Å². The van der Waals surface area contributed by atoms with E-state index in [9.17, 15) is 4.79 Å². The van der Waals surface area contributed by atoms with Crippen LogP contribution in [0.15, 0.2) is 17.7 Å². The Morgan fingerprint density at radius 2 is 1.89 bits per heavy atom. The summed E-state index contributed by atoms with van der Waals surface area (Å²) in [6.07, 6.45) is 12.6. The number of hydrogen-bond donors (Lipinski definition) is 1. The molecule has 3 heterocycles. The van der Waals surface area contributed by atoms with Crippen LogP contribution >= 0.6 is 0 Å². The van der Waals surface area contributed by atoms with Crippen molar-refractivity contribution in [1.29, 1.82) is 0 Å². The van der Waals surface area contributed by atoms with Gasteiger partial charge in [-0.3, -0.25) is 4.79 Å². The van der Waals surface area contributed by atoms with Crippen LogP contribution in [0, 0.1) is 17.8 Å². The highest BCUT2D eigenvalue weighted by molar-refractivity contribution is 6.09. The zero-order valence-electron chi connectivity index (χ0n) is 15.7. The molecule has 0 atom stereocenters. The van der Waals surface area contributed by atoms with Crippen LogP contribution in [0.2, 0.25) is 0 Å². The maximum Gasteiger partial charge on any atom is 0.177 e. The second-order valence-electron chi connectivity index (χ2n) is 8.65. The number of ketones is 1. The molecular weight excluding hydrogens is 336 g/mol. The third kappa shape index (κ3) is 2.66. The van der Waals surface area contributed by atoms with Crippen molar-refractivity contribution >= 4 is 17.3 Å². The van der Waals surface area contributed by atoms with Gasteiger partial charge in [-0.05, 0) is 42.7 Å². The van der Waals surface area contributed by atoms with Crippen LogP contribution in [0.1, 0.15) is 43.4 Å². The van der Waals surface area contributed by atoms with Gasteiger partial charge in [0.05, 0.1) is 17.0 Å². The SMILES string of the molecule is C#CC1=C(N2CCC3(CCC3)CC2)c2nc(N3CC(N)C3)ccc2CC1=O. The van der Waals surface area contributed by atoms with E-state index < -0.39 is 0 Å². The van der Waals surface area contributed by atoms with Crippen LogP contribution in [0.3, 0.4) is 0 Å². The summed E-state index contributed by atoms with van der Waals surface area (Å²) in [4.78, 5) is 22.2. The number of nitrogens with two attached hydrogens (primary N) is 1. The molecule has 2 saturated heterocycles. The Kier molecular flexibility index (Phi) is 3.80. The predicted octanol–water partition coefficient (Wildman–Crippen LogP) is 1.96. The Bertz CT molecular complexity index is 861. The maximum atomic E-state index is 12.7. The molecule has 5 nitrogen and oxygen atoms in total. The number of nitrogens with zero attached hydrogens (tertiary/aromatic N) is 3. The van der Waals surface area contributed by atoms with Gasteiger partial charge in [-0.1, -0.05) is 18.4 Å². The number of fused-ring (bicyclic) bond motifs is 1. The largest absolute Gasteiger partial charge is 0.369 e. The topological polar surface area (TPSA) is 62.5 Å². The molecule has 1 saturated carbocycles. The second-order valence-corrected chi connectivity index (χ2v) is 8.65. The number of carbonyl (C=O) groups excluding carboxylic acids is 1. The first-order valence-electron chi connectivity index (χ1n) is 10.1. The number of carbonyl (C=O) groups is 1. The Morgan fingerprint density at radius 3 is 2.48 bits per heavy atom. The summed E-state index contributed by atoms with van der Waals surface area (Å²) in [5, 5.41) is 0. The van der Waals surface area contributed by atoms with E-state index in [1.807, 2.05) is 12.1 Å². The standard InChI is InChI=1S/C22H26N4O/c1-2-17-18(27)12-15-4-5-19(26-13-16(23)14-26)24-20(15)21(17)25-10-8-22(9-11-25)6-3-7-22/h1,4-5,16H,3,6-14,23H2. The Labute approximate surface area is 160 Å². The van der Waals surface area contributed by atoms with Gasteiger partial charge in [0.15, 0.2) is 5.78 Å². The molecule has 4 aliphatic rings. The molecule has 27 heavy (non-hydrogen) atoms. The molecule has 0 aromatic carbocycles. The third-order valence-corrected chi connectivity index (χ3v) is 6.99. The van der Waals surface area contributed by atoms with Crippen molar-refractivity contribution in [3.8, 4) is 12.3 Å². The number of rotatable bonds is 2. The van der Waals surface area contributed by atoms with Crippen molar-refractivity contribution in [2.45, 2.75) is 44.6 Å². The molecule has 1 aromatic rings. The number of pyridine rings is 1. The molecule has 2 N–H and O–H groups in total. The molecule has 2 aliphatic carbocycles. The molecule has 0 amide bonds. The van der Waals surface area contributed by atoms with Gasteiger partial charge in [-0.25, -0.2) is 4.98 Å². The zero-order valence-corrected chi connectivity index (χ0v) is 15.7. The summed E-state index contributed by atoms with van der Waals surface area (Å²) in [6, 6.07) is 4.28. The van der Waals surface area contributed by atoms with Crippen molar-refractivity contribution in [2.24, 2.45) is 11.1 Å². The van der Waals surface area contributed by atoms with Crippen molar-refractivity contribution < 1.29 is 4.79 Å². The van der Waals surface area contributed by atoms with Crippen molar-refractivity contribution in [2.75, 3.05) is 31.1 Å². The normalized spacial score (nSPS) is 24.4. The molecular formula is C22H26N4O. The van der Waals surface area contributed by atoms with E-state index >= 15 is 0 Å². The number of Topliss-reactive ketones (excluding diaryl/α,β-unsaturated/α-hetero) is 1. The van der Waals surface area contributed by atoms with Gasteiger partial charge >= 0.3 is 0 Å². The van der Waals surface area contributed by atoms with Crippen LogP contribution in [-0.2, 0) is 11.2 Å². The van der Waals surface area contributed by atoms with E-state index in [4.69, 9.17) is 17.1 Å². The number of aromatic nitrogens is 1. The Hall–Kier alpha value is -2.32. The van der Waals surface area contributed by atoms with E-state index in [2.05, 4.69) is 15.7 Å². The highest BCUT2D eigenvalue weighted by Crippen LogP contribution is 2.50. The first-order valence-corrected chi connectivity index (χ1v) is 10.1. The van der Waals surface area contributed by atoms with E-state index in [0.29, 0.717) is 17.4 Å². The zero-order chi connectivity index (χ0) is 18.6. The molecule has 2 aliphatic heterocycles. The minimum Gasteiger partial charge on any atom is -0.369 e. The van der Waals surface area contributed by atoms with Gasteiger partial charge in [0, 0.05) is 38.6 Å². The van der Waals surface area contributed by atoms with E-state index in [1.165, 1.54) is 32.1 Å². The fraction of sp³-hybridized carbons (Fsp3) is 0.545. The number of allylic oxidation sites excluding steroid dienone is 1. The number of hydrogen-bond acceptors (Lipinski definition) is 5. The molecule has 140 valence electrons. The maximum absolute atomic E-state index is 12.7. The fourth-order valence-electron chi connectivity index (χ4n) is 5.05. The average molecular weight is 362 g/mol.